The fourth-order valence-electron chi connectivity index (χ4n) is 4.39. The molecule has 0 spiro atoms. The van der Waals surface area contributed by atoms with E-state index in [1.54, 1.807) is 6.20 Å². The lowest BCUT2D eigenvalue weighted by Crippen LogP contribution is -2.36. The number of aliphatic hydroxyl groups is 2. The molecule has 0 radical (unpaired) electrons. The number of para-hydroxylation sites is 1. The maximum Gasteiger partial charge on any atom is 0.166 e. The number of nitrogens with zero attached hydrogens (tertiary/aromatic N) is 2. The van der Waals surface area contributed by atoms with Gasteiger partial charge in [0, 0.05) is 42.0 Å². The minimum atomic E-state index is -0.559. The van der Waals surface area contributed by atoms with Crippen LogP contribution in [0, 0.1) is 11.8 Å². The highest BCUT2D eigenvalue weighted by Gasteiger charge is 2.42. The van der Waals surface area contributed by atoms with Crippen LogP contribution >= 0.6 is 11.6 Å². The van der Waals surface area contributed by atoms with Crippen molar-refractivity contribution in [1.82, 2.24) is 15.3 Å². The molecule has 3 aromatic rings. The van der Waals surface area contributed by atoms with E-state index in [-0.39, 0.29) is 31.1 Å². The van der Waals surface area contributed by atoms with E-state index in [0.717, 1.165) is 17.0 Å². The summed E-state index contributed by atoms with van der Waals surface area (Å²) in [6, 6.07) is 19.2. The Labute approximate surface area is 193 Å². The van der Waals surface area contributed by atoms with Crippen LogP contribution in [0.1, 0.15) is 23.5 Å². The van der Waals surface area contributed by atoms with Crippen LogP contribution in [0.25, 0.3) is 0 Å². The van der Waals surface area contributed by atoms with Gasteiger partial charge in [-0.15, -0.1) is 0 Å². The molecule has 3 N–H and O–H groups in total. The van der Waals surface area contributed by atoms with Crippen molar-refractivity contribution >= 4 is 11.6 Å². The Kier molecular flexibility index (Phi) is 7.71. The molecule has 0 bridgehead atoms. The first-order valence-electron chi connectivity index (χ1n) is 10.9. The van der Waals surface area contributed by atoms with Crippen LogP contribution < -0.4 is 10.1 Å². The number of halogens is 1. The highest BCUT2D eigenvalue weighted by molar-refractivity contribution is 6.31. The number of hydrogen-bond acceptors (Lipinski definition) is 6. The summed E-state index contributed by atoms with van der Waals surface area (Å²) in [4.78, 5) is 8.99. The van der Waals surface area contributed by atoms with Gasteiger partial charge in [0.05, 0.1) is 6.10 Å². The average molecular weight is 454 g/mol. The van der Waals surface area contributed by atoms with Crippen LogP contribution in [0.5, 0.6) is 5.75 Å². The van der Waals surface area contributed by atoms with Gasteiger partial charge in [-0.25, -0.2) is 9.97 Å². The summed E-state index contributed by atoms with van der Waals surface area (Å²) in [5, 5.41) is 24.7. The standard InChI is InChI=1S/C25H28ClN3O3/c26-22-9-5-4-6-17(22)14-28-23-13-24(31)21(15-30)20(23)12-18-10-11-27-25(29-18)16-32-19-7-2-1-3-8-19/h1-11,20-21,23-24,28,30-31H,12-16H2. The van der Waals surface area contributed by atoms with E-state index in [9.17, 15) is 10.2 Å². The fourth-order valence-corrected chi connectivity index (χ4v) is 4.59. The van der Waals surface area contributed by atoms with Crippen molar-refractivity contribution in [2.24, 2.45) is 11.8 Å². The SMILES string of the molecule is OCC1C(O)CC(NCc2ccccc2Cl)C1Cc1ccnc(COc2ccccc2)n1. The molecular weight excluding hydrogens is 426 g/mol. The van der Waals surface area contributed by atoms with Gasteiger partial charge in [0.2, 0.25) is 0 Å². The number of rotatable bonds is 9. The summed E-state index contributed by atoms with van der Waals surface area (Å²) < 4.78 is 5.77. The summed E-state index contributed by atoms with van der Waals surface area (Å²) in [7, 11) is 0. The van der Waals surface area contributed by atoms with E-state index in [1.807, 2.05) is 60.7 Å². The molecule has 1 fully saturated rings. The highest BCUT2D eigenvalue weighted by Crippen LogP contribution is 2.35. The van der Waals surface area contributed by atoms with Crippen molar-refractivity contribution < 1.29 is 14.9 Å². The van der Waals surface area contributed by atoms with Gasteiger partial charge in [-0.1, -0.05) is 48.0 Å². The van der Waals surface area contributed by atoms with Crippen LogP contribution in [0.2, 0.25) is 5.02 Å². The maximum absolute atomic E-state index is 10.5. The Bertz CT molecular complexity index is 1000. The Balaban J connectivity index is 1.43. The number of benzene rings is 2. The molecule has 4 unspecified atom stereocenters. The monoisotopic (exact) mass is 453 g/mol. The van der Waals surface area contributed by atoms with E-state index in [2.05, 4.69) is 15.3 Å². The molecule has 6 nitrogen and oxygen atoms in total. The van der Waals surface area contributed by atoms with Crippen LogP contribution in [-0.4, -0.2) is 38.9 Å². The second-order valence-corrected chi connectivity index (χ2v) is 8.57. The molecule has 4 rings (SSSR count). The zero-order chi connectivity index (χ0) is 22.3. The first-order chi connectivity index (χ1) is 15.6. The number of aliphatic hydroxyl groups excluding tert-OH is 2. The largest absolute Gasteiger partial charge is 0.486 e. The molecule has 4 atom stereocenters. The highest BCUT2D eigenvalue weighted by atomic mass is 35.5. The molecule has 32 heavy (non-hydrogen) atoms. The molecular formula is C25H28ClN3O3. The summed E-state index contributed by atoms with van der Waals surface area (Å²) in [6.45, 7) is 0.819. The Hall–Kier alpha value is -2.51. The van der Waals surface area contributed by atoms with Crippen molar-refractivity contribution in [2.75, 3.05) is 6.61 Å². The number of hydrogen-bond donors (Lipinski definition) is 3. The number of ether oxygens (including phenoxy) is 1. The molecule has 0 saturated heterocycles. The Morgan fingerprint density at radius 3 is 2.59 bits per heavy atom. The van der Waals surface area contributed by atoms with Gasteiger partial charge >= 0.3 is 0 Å². The summed E-state index contributed by atoms with van der Waals surface area (Å²) in [6.07, 6.45) is 2.38. The normalized spacial score (nSPS) is 22.7. The van der Waals surface area contributed by atoms with Crippen LogP contribution in [0.3, 0.4) is 0 Å². The number of aromatic nitrogens is 2. The molecule has 1 saturated carbocycles. The Morgan fingerprint density at radius 2 is 1.81 bits per heavy atom. The molecule has 0 amide bonds. The van der Waals surface area contributed by atoms with E-state index in [0.29, 0.717) is 30.2 Å². The average Bonchev–Trinajstić information content (AvgIpc) is 3.12. The van der Waals surface area contributed by atoms with Crippen molar-refractivity contribution in [2.45, 2.75) is 38.1 Å². The molecule has 1 aromatic heterocycles. The van der Waals surface area contributed by atoms with E-state index < -0.39 is 6.10 Å². The van der Waals surface area contributed by atoms with Crippen LogP contribution in [0.15, 0.2) is 66.9 Å². The van der Waals surface area contributed by atoms with Gasteiger partial charge < -0.3 is 20.3 Å². The van der Waals surface area contributed by atoms with Gasteiger partial charge in [-0.05, 0) is 48.6 Å². The molecule has 1 heterocycles. The first-order valence-corrected chi connectivity index (χ1v) is 11.3. The zero-order valence-corrected chi connectivity index (χ0v) is 18.5. The molecule has 1 aliphatic carbocycles. The van der Waals surface area contributed by atoms with Crippen molar-refractivity contribution in [3.63, 3.8) is 0 Å². The predicted octanol–water partition coefficient (Wildman–Crippen LogP) is 3.40. The third-order valence-electron chi connectivity index (χ3n) is 6.10. The third kappa shape index (κ3) is 5.64. The second-order valence-electron chi connectivity index (χ2n) is 8.16. The molecule has 2 aromatic carbocycles. The van der Waals surface area contributed by atoms with Gasteiger partial charge in [0.15, 0.2) is 5.82 Å². The van der Waals surface area contributed by atoms with Crippen molar-refractivity contribution in [3.05, 3.63) is 89.0 Å². The minimum absolute atomic E-state index is 0.0373. The van der Waals surface area contributed by atoms with Gasteiger partial charge in [0.1, 0.15) is 12.4 Å². The maximum atomic E-state index is 10.5. The predicted molar refractivity (Wildman–Crippen MR) is 123 cm³/mol. The molecule has 7 heteroatoms. The quantitative estimate of drug-likeness (QED) is 0.460. The molecule has 0 aliphatic heterocycles. The van der Waals surface area contributed by atoms with E-state index in [1.165, 1.54) is 0 Å². The van der Waals surface area contributed by atoms with E-state index >= 15 is 0 Å². The minimum Gasteiger partial charge on any atom is -0.486 e. The van der Waals surface area contributed by atoms with Gasteiger partial charge in [-0.2, -0.15) is 0 Å². The Morgan fingerprint density at radius 1 is 1.03 bits per heavy atom. The summed E-state index contributed by atoms with van der Waals surface area (Å²) >= 11 is 6.29. The van der Waals surface area contributed by atoms with Crippen molar-refractivity contribution in [1.29, 1.82) is 0 Å². The fraction of sp³-hybridized carbons (Fsp3) is 0.360. The first kappa shape index (κ1) is 22.7. The van der Waals surface area contributed by atoms with Gasteiger partial charge in [-0.3, -0.25) is 0 Å². The molecule has 168 valence electrons. The van der Waals surface area contributed by atoms with Crippen molar-refractivity contribution in [3.8, 4) is 5.75 Å². The number of nitrogens with one attached hydrogen (secondary N) is 1. The third-order valence-corrected chi connectivity index (χ3v) is 6.47. The second kappa shape index (κ2) is 10.9. The summed E-state index contributed by atoms with van der Waals surface area (Å²) in [5.41, 5.74) is 1.88. The summed E-state index contributed by atoms with van der Waals surface area (Å²) in [5.74, 6) is 1.20. The van der Waals surface area contributed by atoms with Crippen LogP contribution in [0.4, 0.5) is 0 Å². The smallest absolute Gasteiger partial charge is 0.166 e. The lowest BCUT2D eigenvalue weighted by Gasteiger charge is -2.25. The topological polar surface area (TPSA) is 87.5 Å². The zero-order valence-electron chi connectivity index (χ0n) is 17.8. The lowest BCUT2D eigenvalue weighted by molar-refractivity contribution is 0.0715. The lowest BCUT2D eigenvalue weighted by atomic mass is 9.88. The van der Waals surface area contributed by atoms with Gasteiger partial charge in [0.25, 0.3) is 0 Å². The van der Waals surface area contributed by atoms with E-state index in [4.69, 9.17) is 16.3 Å². The van der Waals surface area contributed by atoms with Crippen LogP contribution in [-0.2, 0) is 19.6 Å². The molecule has 1 aliphatic rings.